The number of pyridine rings is 1. The molecule has 1 fully saturated rings. The van der Waals surface area contributed by atoms with E-state index in [0.29, 0.717) is 5.92 Å². The Morgan fingerprint density at radius 1 is 1.47 bits per heavy atom. The molecule has 15 heavy (non-hydrogen) atoms. The van der Waals surface area contributed by atoms with Gasteiger partial charge in [-0.3, -0.25) is 0 Å². The van der Waals surface area contributed by atoms with Gasteiger partial charge in [0.05, 0.1) is 0 Å². The maximum atomic E-state index is 4.53. The van der Waals surface area contributed by atoms with Crippen molar-refractivity contribution in [1.82, 2.24) is 19.9 Å². The van der Waals surface area contributed by atoms with Gasteiger partial charge in [0.2, 0.25) is 0 Å². The zero-order chi connectivity index (χ0) is 10.3. The summed E-state index contributed by atoms with van der Waals surface area (Å²) in [6.45, 7) is 2.07. The molecule has 78 valence electrons. The van der Waals surface area contributed by atoms with Crippen molar-refractivity contribution in [3.63, 3.8) is 0 Å². The third-order valence-corrected chi connectivity index (χ3v) is 3.21. The van der Waals surface area contributed by atoms with Gasteiger partial charge >= 0.3 is 0 Å². The fourth-order valence-electron chi connectivity index (χ4n) is 1.92. The molecule has 4 nitrogen and oxygen atoms in total. The number of hydrogen-bond acceptors (Lipinski definition) is 3. The highest BCUT2D eigenvalue weighted by Crippen LogP contribution is 2.20. The summed E-state index contributed by atoms with van der Waals surface area (Å²) in [4.78, 5) is 4.53. The van der Waals surface area contributed by atoms with Gasteiger partial charge in [-0.2, -0.15) is 5.10 Å². The van der Waals surface area contributed by atoms with Crippen molar-refractivity contribution in [2.45, 2.75) is 12.3 Å². The zero-order valence-corrected chi connectivity index (χ0v) is 9.74. The molecule has 0 spiro atoms. The van der Waals surface area contributed by atoms with E-state index in [1.54, 1.807) is 0 Å². The Morgan fingerprint density at radius 3 is 3.20 bits per heavy atom. The van der Waals surface area contributed by atoms with Crippen molar-refractivity contribution < 1.29 is 0 Å². The summed E-state index contributed by atoms with van der Waals surface area (Å²) in [5.74, 6) is 1.43. The molecule has 1 saturated heterocycles. The molecule has 3 heterocycles. The predicted octanol–water partition coefficient (Wildman–Crippen LogP) is 1.57. The molecule has 5 heteroatoms. The summed E-state index contributed by atoms with van der Waals surface area (Å²) in [6.07, 6.45) is 3.08. The number of nitrogens with zero attached hydrogens (tertiary/aromatic N) is 3. The number of fused-ring (bicyclic) bond motifs is 1. The predicted molar refractivity (Wildman–Crippen MR) is 60.9 cm³/mol. The monoisotopic (exact) mass is 266 g/mol. The van der Waals surface area contributed by atoms with Crippen LogP contribution < -0.4 is 5.32 Å². The third-order valence-electron chi connectivity index (χ3n) is 2.74. The van der Waals surface area contributed by atoms with E-state index in [1.165, 1.54) is 0 Å². The Bertz CT molecular complexity index is 487. The molecule has 0 aromatic carbocycles. The lowest BCUT2D eigenvalue weighted by Crippen LogP contribution is -2.08. The summed E-state index contributed by atoms with van der Waals surface area (Å²) in [5, 5.41) is 7.82. The van der Waals surface area contributed by atoms with Crippen LogP contribution in [0.15, 0.2) is 22.8 Å². The van der Waals surface area contributed by atoms with Gasteiger partial charge in [0.25, 0.3) is 0 Å². The lowest BCUT2D eigenvalue weighted by atomic mass is 10.1. The van der Waals surface area contributed by atoms with Crippen molar-refractivity contribution in [3.8, 4) is 0 Å². The van der Waals surface area contributed by atoms with Crippen LogP contribution in [-0.2, 0) is 0 Å². The number of halogens is 1. The number of rotatable bonds is 1. The molecule has 1 unspecified atom stereocenters. The molecule has 2 aromatic rings. The summed E-state index contributed by atoms with van der Waals surface area (Å²) in [7, 11) is 0. The Morgan fingerprint density at radius 2 is 2.40 bits per heavy atom. The average molecular weight is 267 g/mol. The molecular weight excluding hydrogens is 256 g/mol. The fourth-order valence-corrected chi connectivity index (χ4v) is 2.25. The Kier molecular flexibility index (Phi) is 2.21. The van der Waals surface area contributed by atoms with Gasteiger partial charge in [0.1, 0.15) is 0 Å². The minimum Gasteiger partial charge on any atom is -0.316 e. The first-order chi connectivity index (χ1) is 7.33. The summed E-state index contributed by atoms with van der Waals surface area (Å²) in [6, 6.07) is 3.96. The molecule has 0 bridgehead atoms. The van der Waals surface area contributed by atoms with E-state index < -0.39 is 0 Å². The van der Waals surface area contributed by atoms with E-state index in [-0.39, 0.29) is 0 Å². The van der Waals surface area contributed by atoms with E-state index in [4.69, 9.17) is 0 Å². The van der Waals surface area contributed by atoms with Gasteiger partial charge in [0.15, 0.2) is 11.5 Å². The SMILES string of the molecule is Brc1ccc2nc(C3CCNC3)nn2c1. The van der Waals surface area contributed by atoms with Crippen LogP contribution in [0.25, 0.3) is 5.65 Å². The minimum atomic E-state index is 0.476. The van der Waals surface area contributed by atoms with Crippen LogP contribution in [0.3, 0.4) is 0 Å². The van der Waals surface area contributed by atoms with Gasteiger partial charge in [0, 0.05) is 23.1 Å². The maximum Gasteiger partial charge on any atom is 0.156 e. The largest absolute Gasteiger partial charge is 0.316 e. The third kappa shape index (κ3) is 1.66. The molecule has 0 radical (unpaired) electrons. The molecule has 0 saturated carbocycles. The van der Waals surface area contributed by atoms with Crippen LogP contribution in [0.2, 0.25) is 0 Å². The molecule has 0 aliphatic carbocycles. The van der Waals surface area contributed by atoms with Crippen molar-refractivity contribution in [1.29, 1.82) is 0 Å². The highest BCUT2D eigenvalue weighted by Gasteiger charge is 2.20. The summed E-state index contributed by atoms with van der Waals surface area (Å²) in [5.41, 5.74) is 0.917. The second-order valence-electron chi connectivity index (χ2n) is 3.81. The quantitative estimate of drug-likeness (QED) is 0.852. The van der Waals surface area contributed by atoms with Crippen molar-refractivity contribution in [3.05, 3.63) is 28.6 Å². The van der Waals surface area contributed by atoms with E-state index in [9.17, 15) is 0 Å². The maximum absolute atomic E-state index is 4.53. The smallest absolute Gasteiger partial charge is 0.156 e. The first-order valence-electron chi connectivity index (χ1n) is 5.05. The van der Waals surface area contributed by atoms with Gasteiger partial charge < -0.3 is 5.32 Å². The summed E-state index contributed by atoms with van der Waals surface area (Å²) < 4.78 is 2.86. The van der Waals surface area contributed by atoms with E-state index in [2.05, 4.69) is 31.3 Å². The van der Waals surface area contributed by atoms with Gasteiger partial charge in [-0.15, -0.1) is 0 Å². The van der Waals surface area contributed by atoms with E-state index in [1.807, 2.05) is 22.8 Å². The lowest BCUT2D eigenvalue weighted by molar-refractivity contribution is 0.698. The van der Waals surface area contributed by atoms with Crippen LogP contribution in [0.1, 0.15) is 18.2 Å². The average Bonchev–Trinajstić information content (AvgIpc) is 2.84. The molecule has 0 amide bonds. The Hall–Kier alpha value is -0.940. The van der Waals surface area contributed by atoms with Gasteiger partial charge in [-0.05, 0) is 41.0 Å². The summed E-state index contributed by atoms with van der Waals surface area (Å²) >= 11 is 3.42. The van der Waals surface area contributed by atoms with Crippen molar-refractivity contribution in [2.24, 2.45) is 0 Å². The number of aromatic nitrogens is 3. The van der Waals surface area contributed by atoms with Crippen molar-refractivity contribution >= 4 is 21.6 Å². The van der Waals surface area contributed by atoms with Crippen LogP contribution in [0.4, 0.5) is 0 Å². The first-order valence-corrected chi connectivity index (χ1v) is 5.85. The Labute approximate surface area is 95.8 Å². The topological polar surface area (TPSA) is 42.2 Å². The standard InChI is InChI=1S/C10H11BrN4/c11-8-1-2-9-13-10(14-15(9)6-8)7-3-4-12-5-7/h1-2,6-7,12H,3-5H2. The molecule has 1 atom stereocenters. The van der Waals surface area contributed by atoms with Crippen LogP contribution in [0, 0.1) is 0 Å². The van der Waals surface area contributed by atoms with E-state index >= 15 is 0 Å². The molecule has 2 aromatic heterocycles. The second-order valence-corrected chi connectivity index (χ2v) is 4.73. The second kappa shape index (κ2) is 3.57. The van der Waals surface area contributed by atoms with Gasteiger partial charge in [-0.1, -0.05) is 0 Å². The highest BCUT2D eigenvalue weighted by atomic mass is 79.9. The molecule has 1 N–H and O–H groups in total. The molecule has 1 aliphatic rings. The zero-order valence-electron chi connectivity index (χ0n) is 8.15. The molecule has 1 aliphatic heterocycles. The first kappa shape index (κ1) is 9.30. The normalized spacial score (nSPS) is 21.3. The fraction of sp³-hybridized carbons (Fsp3) is 0.400. The van der Waals surface area contributed by atoms with Crippen LogP contribution >= 0.6 is 15.9 Å². The minimum absolute atomic E-state index is 0.476. The van der Waals surface area contributed by atoms with Crippen molar-refractivity contribution in [2.75, 3.05) is 13.1 Å². The lowest BCUT2D eigenvalue weighted by Gasteiger charge is -1.99. The molecule has 3 rings (SSSR count). The number of hydrogen-bond donors (Lipinski definition) is 1. The number of nitrogens with one attached hydrogen (secondary N) is 1. The van der Waals surface area contributed by atoms with Crippen LogP contribution in [0.5, 0.6) is 0 Å². The Balaban J connectivity index is 2.05. The highest BCUT2D eigenvalue weighted by molar-refractivity contribution is 9.10. The molecular formula is C10H11BrN4. The van der Waals surface area contributed by atoms with E-state index in [0.717, 1.165) is 35.5 Å². The van der Waals surface area contributed by atoms with Gasteiger partial charge in [-0.25, -0.2) is 9.50 Å². The van der Waals surface area contributed by atoms with Crippen LogP contribution in [-0.4, -0.2) is 27.7 Å².